The Balaban J connectivity index is 0.000000200. The number of aliphatic hydroxyl groups excluding tert-OH is 2. The summed E-state index contributed by atoms with van der Waals surface area (Å²) in [7, 11) is 0. The van der Waals surface area contributed by atoms with Crippen molar-refractivity contribution in [1.82, 2.24) is 0 Å². The molecule has 6 aromatic carbocycles. The summed E-state index contributed by atoms with van der Waals surface area (Å²) in [6, 6.07) is 39.7. The Morgan fingerprint density at radius 2 is 0.805 bits per heavy atom. The molecule has 0 bridgehead atoms. The first kappa shape index (κ1) is 29.7. The third kappa shape index (κ3) is 6.40. The molecular weight excluding hydrogens is 548 g/mol. The van der Waals surface area contributed by atoms with Crippen LogP contribution in [0.2, 0.25) is 0 Å². The summed E-state index contributed by atoms with van der Waals surface area (Å²) in [5, 5.41) is 43.6. The van der Waals surface area contributed by atoms with Crippen molar-refractivity contribution in [3.8, 4) is 11.5 Å². The molecule has 41 heavy (non-hydrogen) atoms. The summed E-state index contributed by atoms with van der Waals surface area (Å²) < 4.78 is 0. The number of hydrogen-bond donors (Lipinski definition) is 4. The standard InChI is InChI=1S/C21H14O3.C14H14O2.Ti/c22-17-11-9-13-5-1-3-7-15(13)19(17)21(24)20-16-8-4-2-6-14(16)10-12-18(20)23;15-13(11-7-3-1-4-8-11)14(16)12-9-5-2-6-10-12;/h1-12,22-23H;1-10,13-16H;. The summed E-state index contributed by atoms with van der Waals surface area (Å²) in [5.74, 6) is -0.573. The Hall–Kier alpha value is -4.26. The van der Waals surface area contributed by atoms with E-state index in [9.17, 15) is 25.2 Å². The number of fused-ring (bicyclic) bond motifs is 2. The number of hydrogen-bond acceptors (Lipinski definition) is 5. The zero-order valence-corrected chi connectivity index (χ0v) is 23.6. The molecule has 0 aliphatic carbocycles. The topological polar surface area (TPSA) is 98.0 Å². The van der Waals surface area contributed by atoms with Gasteiger partial charge in [-0.3, -0.25) is 4.79 Å². The molecule has 6 aromatic rings. The second kappa shape index (κ2) is 13.4. The third-order valence-corrected chi connectivity index (χ3v) is 6.85. The fourth-order valence-electron chi connectivity index (χ4n) is 4.79. The van der Waals surface area contributed by atoms with Crippen LogP contribution in [0.3, 0.4) is 0 Å². The molecule has 0 saturated heterocycles. The van der Waals surface area contributed by atoms with Crippen molar-refractivity contribution in [3.05, 3.63) is 156 Å². The number of rotatable bonds is 5. The van der Waals surface area contributed by atoms with Crippen LogP contribution in [0.5, 0.6) is 11.5 Å². The Labute approximate surface area is 252 Å². The molecule has 4 N–H and O–H groups in total. The van der Waals surface area contributed by atoms with Gasteiger partial charge in [0.15, 0.2) is 0 Å². The van der Waals surface area contributed by atoms with Gasteiger partial charge >= 0.3 is 0 Å². The number of ketones is 1. The normalized spacial score (nSPS) is 12.0. The van der Waals surface area contributed by atoms with Gasteiger partial charge in [-0.2, -0.15) is 0 Å². The molecular formula is C35H28O5Ti. The van der Waals surface area contributed by atoms with Crippen LogP contribution in [0.1, 0.15) is 39.3 Å². The SMILES string of the molecule is O=C(c1c(O)ccc2ccccc12)c1c(O)ccc2ccccc12.OC(c1ccccc1)C(O)c1ccccc1.[Ti]. The number of aromatic hydroxyl groups is 2. The Bertz CT molecular complexity index is 1640. The fraction of sp³-hybridized carbons (Fsp3) is 0.0571. The third-order valence-electron chi connectivity index (χ3n) is 6.85. The van der Waals surface area contributed by atoms with Gasteiger partial charge in [-0.1, -0.05) is 121 Å². The van der Waals surface area contributed by atoms with E-state index in [0.29, 0.717) is 10.8 Å². The van der Waals surface area contributed by atoms with Crippen molar-refractivity contribution in [1.29, 1.82) is 0 Å². The van der Waals surface area contributed by atoms with E-state index in [1.165, 1.54) is 12.1 Å². The van der Waals surface area contributed by atoms with Crippen molar-refractivity contribution in [3.63, 3.8) is 0 Å². The smallest absolute Gasteiger partial charge is 0.201 e. The molecule has 6 heteroatoms. The molecule has 0 amide bonds. The summed E-state index contributed by atoms with van der Waals surface area (Å²) in [4.78, 5) is 13.2. The quantitative estimate of drug-likeness (QED) is 0.130. The molecule has 5 nitrogen and oxygen atoms in total. The molecule has 0 heterocycles. The van der Waals surface area contributed by atoms with Crippen LogP contribution in [-0.4, -0.2) is 26.2 Å². The van der Waals surface area contributed by atoms with Crippen molar-refractivity contribution in [2.75, 3.05) is 0 Å². The number of carbonyl (C=O) groups is 1. The average molecular weight is 576 g/mol. The van der Waals surface area contributed by atoms with Crippen LogP contribution in [0, 0.1) is 0 Å². The van der Waals surface area contributed by atoms with Gasteiger partial charge in [-0.25, -0.2) is 0 Å². The van der Waals surface area contributed by atoms with Crippen LogP contribution in [-0.2, 0) is 21.7 Å². The van der Waals surface area contributed by atoms with E-state index in [1.54, 1.807) is 48.5 Å². The van der Waals surface area contributed by atoms with E-state index in [4.69, 9.17) is 0 Å². The summed E-state index contributed by atoms with van der Waals surface area (Å²) in [6.45, 7) is 0. The van der Waals surface area contributed by atoms with Gasteiger partial charge in [0.2, 0.25) is 5.78 Å². The van der Waals surface area contributed by atoms with Crippen LogP contribution < -0.4 is 0 Å². The minimum atomic E-state index is -0.886. The molecule has 2 atom stereocenters. The maximum Gasteiger partial charge on any atom is 0.201 e. The van der Waals surface area contributed by atoms with Crippen molar-refractivity contribution in [2.45, 2.75) is 12.2 Å². The van der Waals surface area contributed by atoms with E-state index < -0.39 is 18.0 Å². The Morgan fingerprint density at radius 1 is 0.463 bits per heavy atom. The van der Waals surface area contributed by atoms with Crippen LogP contribution in [0.25, 0.3) is 21.5 Å². The molecule has 0 aliphatic rings. The van der Waals surface area contributed by atoms with Gasteiger partial charge in [0.05, 0.1) is 11.1 Å². The van der Waals surface area contributed by atoms with Crippen molar-refractivity contribution < 1.29 is 46.9 Å². The van der Waals surface area contributed by atoms with Gasteiger partial charge in [0.1, 0.15) is 23.7 Å². The van der Waals surface area contributed by atoms with Crippen LogP contribution >= 0.6 is 0 Å². The Kier molecular flexibility index (Phi) is 9.71. The van der Waals surface area contributed by atoms with Gasteiger partial charge in [-0.05, 0) is 44.8 Å². The fourth-order valence-corrected chi connectivity index (χ4v) is 4.79. The van der Waals surface area contributed by atoms with E-state index in [2.05, 4.69) is 0 Å². The zero-order valence-electron chi connectivity index (χ0n) is 22.1. The molecule has 2 unspecified atom stereocenters. The molecule has 0 radical (unpaired) electrons. The van der Waals surface area contributed by atoms with E-state index in [-0.39, 0.29) is 44.3 Å². The van der Waals surface area contributed by atoms with Crippen molar-refractivity contribution >= 4 is 27.3 Å². The van der Waals surface area contributed by atoms with E-state index in [0.717, 1.165) is 21.9 Å². The first-order valence-corrected chi connectivity index (χ1v) is 12.9. The van der Waals surface area contributed by atoms with Crippen molar-refractivity contribution in [2.24, 2.45) is 0 Å². The second-order valence-electron chi connectivity index (χ2n) is 9.40. The molecule has 0 aromatic heterocycles. The number of carbonyl (C=O) groups excluding carboxylic acids is 1. The molecule has 0 saturated carbocycles. The Morgan fingerprint density at radius 3 is 1.20 bits per heavy atom. The molecule has 0 aliphatic heterocycles. The number of phenols is 2. The average Bonchev–Trinajstić information content (AvgIpc) is 3.01. The summed E-state index contributed by atoms with van der Waals surface area (Å²) in [5.41, 5.74) is 1.86. The van der Waals surface area contributed by atoms with Gasteiger partial charge in [-0.15, -0.1) is 0 Å². The second-order valence-corrected chi connectivity index (χ2v) is 9.40. The number of benzene rings is 6. The van der Waals surface area contributed by atoms with E-state index >= 15 is 0 Å². The minimum absolute atomic E-state index is 0. The zero-order chi connectivity index (χ0) is 28.1. The molecule has 202 valence electrons. The minimum Gasteiger partial charge on any atom is -0.507 e. The van der Waals surface area contributed by atoms with E-state index in [1.807, 2.05) is 72.8 Å². The monoisotopic (exact) mass is 576 g/mol. The van der Waals surface area contributed by atoms with Gasteiger partial charge < -0.3 is 20.4 Å². The van der Waals surface area contributed by atoms with Gasteiger partial charge in [0.25, 0.3) is 0 Å². The largest absolute Gasteiger partial charge is 0.507 e. The van der Waals surface area contributed by atoms with Gasteiger partial charge in [0, 0.05) is 21.7 Å². The first-order valence-electron chi connectivity index (χ1n) is 12.9. The first-order chi connectivity index (χ1) is 19.5. The predicted molar refractivity (Wildman–Crippen MR) is 157 cm³/mol. The molecule has 6 rings (SSSR count). The summed E-state index contributed by atoms with van der Waals surface area (Å²) in [6.07, 6.45) is -1.77. The number of phenolic OH excluding ortho intramolecular Hbond substituents is 2. The van der Waals surface area contributed by atoms with Crippen LogP contribution in [0.4, 0.5) is 0 Å². The molecule has 0 spiro atoms. The maximum absolute atomic E-state index is 13.2. The van der Waals surface area contributed by atoms with Crippen LogP contribution in [0.15, 0.2) is 133 Å². The molecule has 0 fully saturated rings. The maximum atomic E-state index is 13.2. The predicted octanol–water partition coefficient (Wildman–Crippen LogP) is 7.09. The summed E-state index contributed by atoms with van der Waals surface area (Å²) >= 11 is 0. The number of aliphatic hydroxyl groups is 2.